The Bertz CT molecular complexity index is 772. The van der Waals surface area contributed by atoms with Crippen LogP contribution in [0.15, 0.2) is 48.8 Å². The number of hydrogen-bond acceptors (Lipinski definition) is 4. The molecule has 2 saturated heterocycles. The van der Waals surface area contributed by atoms with Crippen LogP contribution in [-0.2, 0) is 28.9 Å². The second-order valence-corrected chi connectivity index (χ2v) is 8.40. The molecule has 0 saturated carbocycles. The second-order valence-electron chi connectivity index (χ2n) is 8.40. The van der Waals surface area contributed by atoms with Gasteiger partial charge in [0.1, 0.15) is 0 Å². The van der Waals surface area contributed by atoms with Crippen LogP contribution in [-0.4, -0.2) is 48.1 Å². The molecule has 2 aliphatic heterocycles. The number of carbonyl (C=O) groups excluding carboxylic acids is 1. The first-order valence-corrected chi connectivity index (χ1v) is 10.8. The number of likely N-dealkylation sites (tertiary alicyclic amines) is 1. The summed E-state index contributed by atoms with van der Waals surface area (Å²) in [6.45, 7) is 4.79. The van der Waals surface area contributed by atoms with E-state index in [-0.39, 0.29) is 11.9 Å². The van der Waals surface area contributed by atoms with Gasteiger partial charge in [0.15, 0.2) is 0 Å². The molecule has 2 aliphatic rings. The highest BCUT2D eigenvalue weighted by molar-refractivity contribution is 5.78. The van der Waals surface area contributed by atoms with E-state index in [2.05, 4.69) is 45.5 Å². The van der Waals surface area contributed by atoms with Crippen molar-refractivity contribution >= 4 is 5.91 Å². The summed E-state index contributed by atoms with van der Waals surface area (Å²) in [6.07, 6.45) is 8.44. The molecule has 1 atom stereocenters. The number of rotatable bonds is 7. The lowest BCUT2D eigenvalue weighted by Crippen LogP contribution is -2.39. The third-order valence-electron chi connectivity index (χ3n) is 6.00. The maximum Gasteiger partial charge on any atom is 0.224 e. The molecule has 4 rings (SSSR count). The number of nitrogens with one attached hydrogen (secondary N) is 1. The van der Waals surface area contributed by atoms with Crippen molar-refractivity contribution in [3.05, 3.63) is 65.5 Å². The summed E-state index contributed by atoms with van der Waals surface area (Å²) in [5, 5.41) is 3.14. The molecule has 0 aliphatic carbocycles. The highest BCUT2D eigenvalue weighted by atomic mass is 16.5. The minimum absolute atomic E-state index is 0.117. The Morgan fingerprint density at radius 1 is 1.07 bits per heavy atom. The average molecular weight is 394 g/mol. The topological polar surface area (TPSA) is 54.5 Å². The van der Waals surface area contributed by atoms with Gasteiger partial charge < -0.3 is 10.1 Å². The maximum atomic E-state index is 12.3. The van der Waals surface area contributed by atoms with E-state index in [9.17, 15) is 4.79 Å². The molecule has 29 heavy (non-hydrogen) atoms. The molecule has 1 N–H and O–H groups in total. The highest BCUT2D eigenvalue weighted by Crippen LogP contribution is 2.22. The summed E-state index contributed by atoms with van der Waals surface area (Å²) < 4.78 is 5.35. The van der Waals surface area contributed by atoms with Gasteiger partial charge >= 0.3 is 0 Å². The van der Waals surface area contributed by atoms with Crippen LogP contribution in [0.2, 0.25) is 0 Å². The monoisotopic (exact) mass is 393 g/mol. The molecule has 1 amide bonds. The SMILES string of the molecule is O=C(Cc1ccc(CC2CCN(Cc3cccnc3)C2)cc1)NC1CCOCC1. The first-order chi connectivity index (χ1) is 14.2. The molecule has 1 aromatic carbocycles. The van der Waals surface area contributed by atoms with Crippen LogP contribution in [0.25, 0.3) is 0 Å². The van der Waals surface area contributed by atoms with Crippen LogP contribution in [0.4, 0.5) is 0 Å². The van der Waals surface area contributed by atoms with Gasteiger partial charge in [0.25, 0.3) is 0 Å². The van der Waals surface area contributed by atoms with E-state index in [0.29, 0.717) is 12.3 Å². The minimum atomic E-state index is 0.117. The number of hydrogen-bond donors (Lipinski definition) is 1. The molecule has 5 heteroatoms. The Morgan fingerprint density at radius 2 is 1.86 bits per heavy atom. The van der Waals surface area contributed by atoms with Gasteiger partial charge in [-0.1, -0.05) is 30.3 Å². The number of nitrogens with zero attached hydrogens (tertiary/aromatic N) is 2. The van der Waals surface area contributed by atoms with Crippen LogP contribution >= 0.6 is 0 Å². The molecule has 5 nitrogen and oxygen atoms in total. The molecule has 1 aromatic heterocycles. The van der Waals surface area contributed by atoms with Crippen LogP contribution < -0.4 is 5.32 Å². The zero-order chi connectivity index (χ0) is 19.9. The molecule has 1 unspecified atom stereocenters. The summed E-state index contributed by atoms with van der Waals surface area (Å²) >= 11 is 0. The normalized spacial score (nSPS) is 20.6. The third-order valence-corrected chi connectivity index (χ3v) is 6.00. The van der Waals surface area contributed by atoms with Crippen molar-refractivity contribution in [3.8, 4) is 0 Å². The third kappa shape index (κ3) is 6.12. The van der Waals surface area contributed by atoms with E-state index >= 15 is 0 Å². The molecule has 3 heterocycles. The molecule has 154 valence electrons. The molecule has 2 fully saturated rings. The van der Waals surface area contributed by atoms with Gasteiger partial charge in [0.05, 0.1) is 6.42 Å². The lowest BCUT2D eigenvalue weighted by Gasteiger charge is -2.23. The largest absolute Gasteiger partial charge is 0.381 e. The quantitative estimate of drug-likeness (QED) is 0.786. The lowest BCUT2D eigenvalue weighted by molar-refractivity contribution is -0.121. The number of carbonyl (C=O) groups is 1. The first kappa shape index (κ1) is 20.0. The van der Waals surface area contributed by atoms with Crippen molar-refractivity contribution < 1.29 is 9.53 Å². The summed E-state index contributed by atoms with van der Waals surface area (Å²) in [7, 11) is 0. The van der Waals surface area contributed by atoms with Crippen molar-refractivity contribution in [2.24, 2.45) is 5.92 Å². The predicted octanol–water partition coefficient (Wildman–Crippen LogP) is 2.98. The van der Waals surface area contributed by atoms with Crippen LogP contribution in [0.1, 0.15) is 36.0 Å². The standard InChI is InChI=1S/C24H31N3O2/c28-24(26-23-8-12-29-13-9-23)15-20-5-3-19(4-6-20)14-21-7-11-27(17-21)18-22-2-1-10-25-16-22/h1-6,10,16,21,23H,7-9,11-15,17-18H2,(H,26,28). The fourth-order valence-corrected chi connectivity index (χ4v) is 4.41. The van der Waals surface area contributed by atoms with Crippen molar-refractivity contribution in [1.82, 2.24) is 15.2 Å². The molecule has 0 bridgehead atoms. The van der Waals surface area contributed by atoms with Crippen molar-refractivity contribution in [3.63, 3.8) is 0 Å². The Labute approximate surface area is 173 Å². The van der Waals surface area contributed by atoms with E-state index in [1.165, 1.54) is 17.5 Å². The van der Waals surface area contributed by atoms with E-state index < -0.39 is 0 Å². The van der Waals surface area contributed by atoms with Gasteiger partial charge in [-0.25, -0.2) is 0 Å². The van der Waals surface area contributed by atoms with E-state index in [0.717, 1.165) is 57.7 Å². The number of ether oxygens (including phenoxy) is 1. The van der Waals surface area contributed by atoms with Gasteiger partial charge in [0.2, 0.25) is 5.91 Å². The summed E-state index contributed by atoms with van der Waals surface area (Å²) in [6, 6.07) is 13.0. The summed E-state index contributed by atoms with van der Waals surface area (Å²) in [5.41, 5.74) is 3.74. The number of amides is 1. The number of pyridine rings is 1. The Balaban J connectivity index is 1.21. The zero-order valence-corrected chi connectivity index (χ0v) is 17.1. The predicted molar refractivity (Wildman–Crippen MR) is 113 cm³/mol. The lowest BCUT2D eigenvalue weighted by atomic mass is 9.97. The first-order valence-electron chi connectivity index (χ1n) is 10.8. The molecule has 0 spiro atoms. The number of aromatic nitrogens is 1. The Kier molecular flexibility index (Phi) is 6.91. The van der Waals surface area contributed by atoms with E-state index in [4.69, 9.17) is 4.74 Å². The average Bonchev–Trinajstić information content (AvgIpc) is 3.17. The maximum absolute atomic E-state index is 12.3. The van der Waals surface area contributed by atoms with Crippen molar-refractivity contribution in [1.29, 1.82) is 0 Å². The fraction of sp³-hybridized carbons (Fsp3) is 0.500. The highest BCUT2D eigenvalue weighted by Gasteiger charge is 2.22. The number of benzene rings is 1. The Hall–Kier alpha value is -2.24. The molecular formula is C24H31N3O2. The second kappa shape index (κ2) is 9.99. The summed E-state index contributed by atoms with van der Waals surface area (Å²) in [5.74, 6) is 0.820. The van der Waals surface area contributed by atoms with Gasteiger partial charge in [0, 0.05) is 44.7 Å². The van der Waals surface area contributed by atoms with Gasteiger partial charge in [-0.2, -0.15) is 0 Å². The van der Waals surface area contributed by atoms with Gasteiger partial charge in [-0.15, -0.1) is 0 Å². The van der Waals surface area contributed by atoms with Crippen molar-refractivity contribution in [2.45, 2.75) is 44.7 Å². The Morgan fingerprint density at radius 3 is 2.62 bits per heavy atom. The molecule has 2 aromatic rings. The van der Waals surface area contributed by atoms with Crippen LogP contribution in [0.3, 0.4) is 0 Å². The minimum Gasteiger partial charge on any atom is -0.381 e. The smallest absolute Gasteiger partial charge is 0.224 e. The fourth-order valence-electron chi connectivity index (χ4n) is 4.41. The zero-order valence-electron chi connectivity index (χ0n) is 17.1. The molecule has 0 radical (unpaired) electrons. The van der Waals surface area contributed by atoms with Crippen LogP contribution in [0.5, 0.6) is 0 Å². The van der Waals surface area contributed by atoms with E-state index in [1.54, 1.807) is 0 Å². The molecular weight excluding hydrogens is 362 g/mol. The van der Waals surface area contributed by atoms with Gasteiger partial charge in [-0.05, 0) is 60.9 Å². The van der Waals surface area contributed by atoms with E-state index in [1.807, 2.05) is 18.5 Å². The summed E-state index contributed by atoms with van der Waals surface area (Å²) in [4.78, 5) is 19.0. The van der Waals surface area contributed by atoms with Crippen LogP contribution in [0, 0.1) is 5.92 Å². The van der Waals surface area contributed by atoms with Gasteiger partial charge in [-0.3, -0.25) is 14.7 Å². The van der Waals surface area contributed by atoms with Crippen molar-refractivity contribution in [2.75, 3.05) is 26.3 Å².